The Kier molecular flexibility index (Phi) is 4.03. The highest BCUT2D eigenvalue weighted by molar-refractivity contribution is 9.10. The van der Waals surface area contributed by atoms with Gasteiger partial charge >= 0.3 is 0 Å². The summed E-state index contributed by atoms with van der Waals surface area (Å²) in [6.45, 7) is 3.69. The molecule has 20 heavy (non-hydrogen) atoms. The van der Waals surface area contributed by atoms with Crippen molar-refractivity contribution in [1.29, 1.82) is 0 Å². The van der Waals surface area contributed by atoms with E-state index in [1.54, 1.807) is 0 Å². The van der Waals surface area contributed by atoms with Gasteiger partial charge in [0.1, 0.15) is 5.75 Å². The quantitative estimate of drug-likeness (QED) is 0.928. The number of aromatic nitrogens is 1. The van der Waals surface area contributed by atoms with E-state index in [1.165, 1.54) is 11.1 Å². The van der Waals surface area contributed by atoms with Crippen LogP contribution in [0.3, 0.4) is 0 Å². The minimum absolute atomic E-state index is 0.215. The number of nitrogens with zero attached hydrogens (tertiary/aromatic N) is 1. The minimum Gasteiger partial charge on any atom is -0.493 e. The molecule has 1 aliphatic rings. The number of ether oxygens (including phenoxy) is 1. The van der Waals surface area contributed by atoms with Gasteiger partial charge in [-0.3, -0.25) is 4.98 Å². The summed E-state index contributed by atoms with van der Waals surface area (Å²) in [6.07, 6.45) is 2.82. The average molecular weight is 333 g/mol. The van der Waals surface area contributed by atoms with Crippen molar-refractivity contribution in [2.24, 2.45) is 0 Å². The van der Waals surface area contributed by atoms with E-state index in [4.69, 9.17) is 4.74 Å². The molecule has 0 fully saturated rings. The number of nitrogens with one attached hydrogen (secondary N) is 1. The Morgan fingerprint density at radius 2 is 2.30 bits per heavy atom. The molecule has 2 aromatic rings. The van der Waals surface area contributed by atoms with Gasteiger partial charge in [-0.2, -0.15) is 0 Å². The molecule has 0 bridgehead atoms. The predicted octanol–water partition coefficient (Wildman–Crippen LogP) is 3.63. The first-order valence-corrected chi connectivity index (χ1v) is 7.62. The Balaban J connectivity index is 1.73. The molecule has 1 N–H and O–H groups in total. The van der Waals surface area contributed by atoms with Gasteiger partial charge < -0.3 is 10.1 Å². The molecule has 1 aliphatic heterocycles. The van der Waals surface area contributed by atoms with Crippen LogP contribution in [0.15, 0.2) is 41.0 Å². The van der Waals surface area contributed by atoms with Crippen LogP contribution in [0, 0.1) is 0 Å². The van der Waals surface area contributed by atoms with E-state index in [2.05, 4.69) is 45.3 Å². The predicted molar refractivity (Wildman–Crippen MR) is 82.8 cm³/mol. The van der Waals surface area contributed by atoms with E-state index in [1.807, 2.05) is 24.4 Å². The van der Waals surface area contributed by atoms with Crippen LogP contribution in [0.1, 0.15) is 29.8 Å². The van der Waals surface area contributed by atoms with Crippen molar-refractivity contribution < 1.29 is 4.74 Å². The van der Waals surface area contributed by atoms with E-state index in [0.717, 1.165) is 35.5 Å². The molecule has 2 heterocycles. The molecule has 1 atom stereocenters. The number of benzene rings is 1. The second-order valence-corrected chi connectivity index (χ2v) is 5.92. The van der Waals surface area contributed by atoms with Gasteiger partial charge in [-0.15, -0.1) is 0 Å². The number of fused-ring (bicyclic) bond motifs is 1. The van der Waals surface area contributed by atoms with E-state index in [-0.39, 0.29) is 6.04 Å². The van der Waals surface area contributed by atoms with E-state index in [0.29, 0.717) is 0 Å². The third kappa shape index (κ3) is 2.86. The molecule has 0 radical (unpaired) electrons. The van der Waals surface area contributed by atoms with Crippen LogP contribution in [-0.4, -0.2) is 11.6 Å². The molecule has 1 aromatic heterocycles. The zero-order valence-electron chi connectivity index (χ0n) is 11.4. The highest BCUT2D eigenvalue weighted by atomic mass is 79.9. The molecular formula is C16H17BrN2O. The van der Waals surface area contributed by atoms with Crippen LogP contribution >= 0.6 is 15.9 Å². The Labute approximate surface area is 127 Å². The van der Waals surface area contributed by atoms with Crippen molar-refractivity contribution in [3.05, 3.63) is 57.8 Å². The second kappa shape index (κ2) is 5.94. The highest BCUT2D eigenvalue weighted by Crippen LogP contribution is 2.33. The molecule has 0 spiro atoms. The largest absolute Gasteiger partial charge is 0.493 e. The lowest BCUT2D eigenvalue weighted by molar-refractivity contribution is 0.351. The van der Waals surface area contributed by atoms with E-state index < -0.39 is 0 Å². The fourth-order valence-electron chi connectivity index (χ4n) is 2.48. The second-order valence-electron chi connectivity index (χ2n) is 5.01. The van der Waals surface area contributed by atoms with Crippen molar-refractivity contribution in [1.82, 2.24) is 10.3 Å². The normalized spacial score (nSPS) is 14.7. The molecule has 3 nitrogen and oxygen atoms in total. The summed E-state index contributed by atoms with van der Waals surface area (Å²) in [7, 11) is 0. The van der Waals surface area contributed by atoms with E-state index >= 15 is 0 Å². The van der Waals surface area contributed by atoms with Crippen LogP contribution in [-0.2, 0) is 13.0 Å². The lowest BCUT2D eigenvalue weighted by atomic mass is 10.1. The molecule has 3 rings (SSSR count). The molecule has 0 aliphatic carbocycles. The third-order valence-electron chi connectivity index (χ3n) is 3.56. The van der Waals surface area contributed by atoms with Crippen LogP contribution < -0.4 is 10.1 Å². The zero-order chi connectivity index (χ0) is 13.9. The topological polar surface area (TPSA) is 34.1 Å². The lowest BCUT2D eigenvalue weighted by Gasteiger charge is -2.15. The van der Waals surface area contributed by atoms with Gasteiger partial charge in [0, 0.05) is 35.2 Å². The van der Waals surface area contributed by atoms with Gasteiger partial charge in [0.05, 0.1) is 12.3 Å². The molecular weight excluding hydrogens is 316 g/mol. The fourth-order valence-corrected chi connectivity index (χ4v) is 3.03. The van der Waals surface area contributed by atoms with Crippen LogP contribution in [0.4, 0.5) is 0 Å². The van der Waals surface area contributed by atoms with Gasteiger partial charge in [0.2, 0.25) is 0 Å². The molecule has 104 valence electrons. The minimum atomic E-state index is 0.215. The molecule has 0 saturated heterocycles. The Bertz CT molecular complexity index is 601. The SMILES string of the molecule is CC(NCc1cc(Br)cc2c1OCC2)c1ccccn1. The summed E-state index contributed by atoms with van der Waals surface area (Å²) in [5.74, 6) is 1.05. The molecule has 0 amide bonds. The molecule has 1 aromatic carbocycles. The first-order valence-electron chi connectivity index (χ1n) is 6.82. The lowest BCUT2D eigenvalue weighted by Crippen LogP contribution is -2.19. The van der Waals surface area contributed by atoms with Crippen molar-refractivity contribution in [3.63, 3.8) is 0 Å². The molecule has 4 heteroatoms. The number of halogens is 1. The number of rotatable bonds is 4. The number of hydrogen-bond donors (Lipinski definition) is 1. The van der Waals surface area contributed by atoms with Crippen LogP contribution in [0.2, 0.25) is 0 Å². The third-order valence-corrected chi connectivity index (χ3v) is 4.01. The summed E-state index contributed by atoms with van der Waals surface area (Å²) < 4.78 is 6.86. The monoisotopic (exact) mass is 332 g/mol. The van der Waals surface area contributed by atoms with Gasteiger partial charge in [-0.1, -0.05) is 22.0 Å². The summed E-state index contributed by atoms with van der Waals surface area (Å²) in [4.78, 5) is 4.38. The highest BCUT2D eigenvalue weighted by Gasteiger charge is 2.18. The van der Waals surface area contributed by atoms with Crippen molar-refractivity contribution in [2.45, 2.75) is 25.9 Å². The smallest absolute Gasteiger partial charge is 0.127 e. The van der Waals surface area contributed by atoms with Gasteiger partial charge in [-0.05, 0) is 36.8 Å². The zero-order valence-corrected chi connectivity index (χ0v) is 13.0. The maximum absolute atomic E-state index is 5.75. The van der Waals surface area contributed by atoms with Crippen LogP contribution in [0.5, 0.6) is 5.75 Å². The number of pyridine rings is 1. The summed E-state index contributed by atoms with van der Waals surface area (Å²) in [5.41, 5.74) is 3.55. The maximum Gasteiger partial charge on any atom is 0.127 e. The average Bonchev–Trinajstić information content (AvgIpc) is 2.93. The maximum atomic E-state index is 5.75. The van der Waals surface area contributed by atoms with Gasteiger partial charge in [0.25, 0.3) is 0 Å². The summed E-state index contributed by atoms with van der Waals surface area (Å²) in [5, 5.41) is 3.51. The summed E-state index contributed by atoms with van der Waals surface area (Å²) >= 11 is 3.57. The Morgan fingerprint density at radius 1 is 1.40 bits per heavy atom. The molecule has 1 unspecified atom stereocenters. The standard InChI is InChI=1S/C16H17BrN2O/c1-11(15-4-2-3-6-18-15)19-10-13-9-14(17)8-12-5-7-20-16(12)13/h2-4,6,8-9,11,19H,5,7,10H2,1H3. The fraction of sp³-hybridized carbons (Fsp3) is 0.312. The van der Waals surface area contributed by atoms with E-state index in [9.17, 15) is 0 Å². The first-order chi connectivity index (χ1) is 9.74. The first kappa shape index (κ1) is 13.6. The summed E-state index contributed by atoms with van der Waals surface area (Å²) in [6, 6.07) is 10.5. The van der Waals surface area contributed by atoms with Gasteiger partial charge in [0.15, 0.2) is 0 Å². The van der Waals surface area contributed by atoms with Crippen molar-refractivity contribution in [3.8, 4) is 5.75 Å². The Morgan fingerprint density at radius 3 is 3.10 bits per heavy atom. The van der Waals surface area contributed by atoms with Crippen molar-refractivity contribution in [2.75, 3.05) is 6.61 Å². The molecule has 0 saturated carbocycles. The number of hydrogen-bond acceptors (Lipinski definition) is 3. The van der Waals surface area contributed by atoms with Gasteiger partial charge in [-0.25, -0.2) is 0 Å². The Hall–Kier alpha value is -1.39. The van der Waals surface area contributed by atoms with Crippen LogP contribution in [0.25, 0.3) is 0 Å². The van der Waals surface area contributed by atoms with Crippen molar-refractivity contribution >= 4 is 15.9 Å².